The first-order chi connectivity index (χ1) is 17.6. The van der Waals surface area contributed by atoms with Crippen LogP contribution in [0.3, 0.4) is 0 Å². The number of rotatable bonds is 11. The zero-order valence-corrected chi connectivity index (χ0v) is 21.6. The van der Waals surface area contributed by atoms with Gasteiger partial charge in [-0.1, -0.05) is 60.7 Å². The van der Waals surface area contributed by atoms with Crippen molar-refractivity contribution in [1.82, 2.24) is 16.0 Å². The molecule has 3 N–H and O–H groups in total. The van der Waals surface area contributed by atoms with Gasteiger partial charge in [-0.15, -0.1) is 0 Å². The highest BCUT2D eigenvalue weighted by atomic mass is 16.6. The Hall–Kier alpha value is -4.08. The second-order valence-corrected chi connectivity index (χ2v) is 9.20. The Bertz CT molecular complexity index is 1020. The maximum absolute atomic E-state index is 13.2. The normalized spacial score (nSPS) is 12.4. The number of esters is 1. The van der Waals surface area contributed by atoms with E-state index in [9.17, 15) is 19.2 Å². The van der Waals surface area contributed by atoms with Gasteiger partial charge in [0.2, 0.25) is 5.91 Å². The summed E-state index contributed by atoms with van der Waals surface area (Å²) in [5.41, 5.74) is 0.673. The summed E-state index contributed by atoms with van der Waals surface area (Å²) < 4.78 is 15.3. The van der Waals surface area contributed by atoms with Crippen molar-refractivity contribution in [1.29, 1.82) is 0 Å². The molecule has 2 unspecified atom stereocenters. The number of amides is 3. The number of hydrogen-bond donors (Lipinski definition) is 3. The molecule has 37 heavy (non-hydrogen) atoms. The van der Waals surface area contributed by atoms with E-state index in [4.69, 9.17) is 14.2 Å². The van der Waals surface area contributed by atoms with Crippen LogP contribution in [0.15, 0.2) is 60.7 Å². The first-order valence-corrected chi connectivity index (χ1v) is 12.0. The van der Waals surface area contributed by atoms with Gasteiger partial charge in [0.05, 0.1) is 7.11 Å². The third-order valence-corrected chi connectivity index (χ3v) is 5.02. The lowest BCUT2D eigenvalue weighted by atomic mass is 10.1. The highest BCUT2D eigenvalue weighted by molar-refractivity contribution is 5.90. The second kappa shape index (κ2) is 14.5. The maximum atomic E-state index is 13.2. The maximum Gasteiger partial charge on any atom is 0.408 e. The minimum Gasteiger partial charge on any atom is -0.467 e. The van der Waals surface area contributed by atoms with Crippen LogP contribution in [0.1, 0.15) is 50.8 Å². The lowest BCUT2D eigenvalue weighted by Crippen LogP contribution is -2.49. The van der Waals surface area contributed by atoms with Crippen LogP contribution in [0, 0.1) is 0 Å². The van der Waals surface area contributed by atoms with Crippen molar-refractivity contribution < 1.29 is 33.4 Å². The van der Waals surface area contributed by atoms with Gasteiger partial charge in [-0.05, 0) is 44.7 Å². The molecule has 0 aliphatic rings. The van der Waals surface area contributed by atoms with Crippen molar-refractivity contribution in [3.05, 3.63) is 71.8 Å². The first-order valence-electron chi connectivity index (χ1n) is 12.0. The minimum atomic E-state index is -1.07. The second-order valence-electron chi connectivity index (χ2n) is 9.20. The van der Waals surface area contributed by atoms with Crippen LogP contribution < -0.4 is 16.0 Å². The van der Waals surface area contributed by atoms with Crippen LogP contribution in [-0.2, 0) is 30.4 Å². The number of alkyl carbamates (subject to hydrolysis) is 2. The topological polar surface area (TPSA) is 132 Å². The van der Waals surface area contributed by atoms with Crippen molar-refractivity contribution in [2.45, 2.75) is 57.9 Å². The smallest absolute Gasteiger partial charge is 0.408 e. The molecule has 0 radical (unpaired) electrons. The first kappa shape index (κ1) is 29.2. The van der Waals surface area contributed by atoms with E-state index < -0.39 is 41.7 Å². The van der Waals surface area contributed by atoms with Gasteiger partial charge >= 0.3 is 18.2 Å². The molecule has 0 bridgehead atoms. The summed E-state index contributed by atoms with van der Waals surface area (Å²) in [7, 11) is 1.23. The Labute approximate surface area is 217 Å². The number of carbonyl (C=O) groups excluding carboxylic acids is 4. The molecular formula is C27H35N3O7. The summed E-state index contributed by atoms with van der Waals surface area (Å²) in [4.78, 5) is 49.9. The zero-order valence-electron chi connectivity index (χ0n) is 21.6. The summed E-state index contributed by atoms with van der Waals surface area (Å²) in [5, 5.41) is 7.82. The van der Waals surface area contributed by atoms with Gasteiger partial charge in [0.1, 0.15) is 18.2 Å². The van der Waals surface area contributed by atoms with Crippen LogP contribution >= 0.6 is 0 Å². The SMILES string of the molecule is COC(=O)C(NC(=O)C(CCCNC(=O)OC(C)(C)C)NC(=O)OCc1ccccc1)c1ccccc1. The van der Waals surface area contributed by atoms with Crippen molar-refractivity contribution >= 4 is 24.1 Å². The molecule has 0 spiro atoms. The van der Waals surface area contributed by atoms with Gasteiger partial charge < -0.3 is 30.2 Å². The third-order valence-electron chi connectivity index (χ3n) is 5.02. The van der Waals surface area contributed by atoms with Crippen LogP contribution in [0.2, 0.25) is 0 Å². The van der Waals surface area contributed by atoms with E-state index in [0.717, 1.165) is 5.56 Å². The minimum absolute atomic E-state index is 0.0238. The molecule has 0 aromatic heterocycles. The predicted octanol–water partition coefficient (Wildman–Crippen LogP) is 3.62. The quantitative estimate of drug-likeness (QED) is 0.238. The fraction of sp³-hybridized carbons (Fsp3) is 0.407. The fourth-order valence-electron chi connectivity index (χ4n) is 3.27. The molecule has 10 heteroatoms. The molecule has 3 amide bonds. The molecule has 2 atom stereocenters. The summed E-state index contributed by atoms with van der Waals surface area (Å²) in [6, 6.07) is 15.6. The van der Waals surface area contributed by atoms with Crippen molar-refractivity contribution in [3.8, 4) is 0 Å². The van der Waals surface area contributed by atoms with Crippen LogP contribution in [0.25, 0.3) is 0 Å². The molecule has 0 saturated heterocycles. The lowest BCUT2D eigenvalue weighted by Gasteiger charge is -2.23. The predicted molar refractivity (Wildman–Crippen MR) is 136 cm³/mol. The van der Waals surface area contributed by atoms with Gasteiger partial charge in [0, 0.05) is 6.54 Å². The molecule has 0 aliphatic carbocycles. The summed E-state index contributed by atoms with van der Waals surface area (Å²) in [6.07, 6.45) is -0.882. The molecule has 200 valence electrons. The number of carbonyl (C=O) groups is 4. The van der Waals surface area contributed by atoms with Gasteiger partial charge in [-0.25, -0.2) is 14.4 Å². The van der Waals surface area contributed by atoms with E-state index in [1.165, 1.54) is 7.11 Å². The zero-order chi connectivity index (χ0) is 27.3. The lowest BCUT2D eigenvalue weighted by molar-refractivity contribution is -0.145. The van der Waals surface area contributed by atoms with E-state index in [1.54, 1.807) is 63.2 Å². The molecule has 0 aliphatic heterocycles. The molecule has 10 nitrogen and oxygen atoms in total. The van der Waals surface area contributed by atoms with Gasteiger partial charge in [-0.2, -0.15) is 0 Å². The standard InChI is InChI=1S/C27H35N3O7/c1-27(2,3)37-25(33)28-17-11-16-21(29-26(34)36-18-19-12-7-5-8-13-19)23(31)30-22(24(32)35-4)20-14-9-6-10-15-20/h5-10,12-15,21-22H,11,16-18H2,1-4H3,(H,28,33)(H,29,34)(H,30,31). The molecule has 0 heterocycles. The molecular weight excluding hydrogens is 478 g/mol. The fourth-order valence-corrected chi connectivity index (χ4v) is 3.27. The van der Waals surface area contributed by atoms with Crippen molar-refractivity contribution in [2.24, 2.45) is 0 Å². The highest BCUT2D eigenvalue weighted by Crippen LogP contribution is 2.15. The van der Waals surface area contributed by atoms with E-state index >= 15 is 0 Å². The molecule has 0 fully saturated rings. The highest BCUT2D eigenvalue weighted by Gasteiger charge is 2.28. The average Bonchev–Trinajstić information content (AvgIpc) is 2.87. The Kier molecular flexibility index (Phi) is 11.4. The van der Waals surface area contributed by atoms with E-state index in [0.29, 0.717) is 12.0 Å². The van der Waals surface area contributed by atoms with E-state index in [1.807, 2.05) is 18.2 Å². The Balaban J connectivity index is 2.05. The summed E-state index contributed by atoms with van der Waals surface area (Å²) in [5.74, 6) is -1.26. The van der Waals surface area contributed by atoms with Crippen LogP contribution in [0.4, 0.5) is 9.59 Å². The number of nitrogens with one attached hydrogen (secondary N) is 3. The molecule has 2 aromatic carbocycles. The largest absolute Gasteiger partial charge is 0.467 e. The average molecular weight is 514 g/mol. The Morgan fingerprint density at radius 3 is 2.08 bits per heavy atom. The summed E-state index contributed by atoms with van der Waals surface area (Å²) >= 11 is 0. The van der Waals surface area contributed by atoms with Crippen molar-refractivity contribution in [3.63, 3.8) is 0 Å². The Morgan fingerprint density at radius 2 is 1.49 bits per heavy atom. The number of ether oxygens (including phenoxy) is 3. The van der Waals surface area contributed by atoms with Crippen molar-refractivity contribution in [2.75, 3.05) is 13.7 Å². The molecule has 2 rings (SSSR count). The summed E-state index contributed by atoms with van der Waals surface area (Å²) in [6.45, 7) is 5.49. The van der Waals surface area contributed by atoms with E-state index in [2.05, 4.69) is 16.0 Å². The van der Waals surface area contributed by atoms with E-state index in [-0.39, 0.29) is 19.6 Å². The van der Waals surface area contributed by atoms with Gasteiger partial charge in [-0.3, -0.25) is 4.79 Å². The number of methoxy groups -OCH3 is 1. The van der Waals surface area contributed by atoms with Crippen LogP contribution in [0.5, 0.6) is 0 Å². The van der Waals surface area contributed by atoms with Gasteiger partial charge in [0.15, 0.2) is 6.04 Å². The molecule has 2 aromatic rings. The Morgan fingerprint density at radius 1 is 0.865 bits per heavy atom. The van der Waals surface area contributed by atoms with Gasteiger partial charge in [0.25, 0.3) is 0 Å². The third kappa shape index (κ3) is 11.0. The van der Waals surface area contributed by atoms with Crippen LogP contribution in [-0.4, -0.2) is 49.4 Å². The number of hydrogen-bond acceptors (Lipinski definition) is 7. The molecule has 0 saturated carbocycles. The monoisotopic (exact) mass is 513 g/mol. The number of benzene rings is 2.